The quantitative estimate of drug-likeness (QED) is 0.177. The Morgan fingerprint density at radius 3 is 1.12 bits per heavy atom. The van der Waals surface area contributed by atoms with Crippen molar-refractivity contribution in [3.8, 4) is 28.2 Å². The van der Waals surface area contributed by atoms with E-state index in [0.29, 0.717) is 0 Å². The number of rotatable bonds is 3. The Balaban J connectivity index is 0.000000108. The summed E-state index contributed by atoms with van der Waals surface area (Å²) in [4.78, 5) is 0. The SMILES string of the molecule is CC(C)(C)c1ccc2c(c1)Cc1ccccc1-2.CC(C)(C)c1ccc2c(c1)c1ccccc1n2-c1ccccc1.CC(C)(C)c1ccc2c3ccccc3n(-c3ccccc3)c2c1.CC(C)(C)c1ccc2oc3ccccc3c2c1.CC(C)(C)c1cccc2c1c1ccccc1n2-c1ccccc1.CC(C)(C)c1cccc2oc3ccccc3c12. The van der Waals surface area contributed by atoms with Crippen LogP contribution < -0.4 is 0 Å². The maximum atomic E-state index is 5.89. The number of hydrogen-bond donors (Lipinski definition) is 0. The Labute approximate surface area is 709 Å². The van der Waals surface area contributed by atoms with Crippen LogP contribution in [0.2, 0.25) is 0 Å². The van der Waals surface area contributed by atoms with Gasteiger partial charge >= 0.3 is 0 Å². The number of para-hydroxylation sites is 8. The molecule has 5 heterocycles. The van der Waals surface area contributed by atoms with Crippen molar-refractivity contribution in [2.75, 3.05) is 0 Å². The molecule has 600 valence electrons. The van der Waals surface area contributed by atoms with Crippen LogP contribution in [0.5, 0.6) is 0 Å². The van der Waals surface area contributed by atoms with Gasteiger partial charge in [0, 0.05) is 70.9 Å². The lowest BCUT2D eigenvalue weighted by molar-refractivity contribution is 0.589. The Morgan fingerprint density at radius 2 is 0.550 bits per heavy atom. The van der Waals surface area contributed by atoms with Crippen molar-refractivity contribution in [1.29, 1.82) is 0 Å². The van der Waals surface area contributed by atoms with Crippen LogP contribution in [0.1, 0.15) is 169 Å². The summed E-state index contributed by atoms with van der Waals surface area (Å²) in [7, 11) is 0. The van der Waals surface area contributed by atoms with Crippen molar-refractivity contribution in [3.05, 3.63) is 390 Å². The molecule has 0 atom stereocenters. The number of benzene rings is 15. The van der Waals surface area contributed by atoms with Crippen LogP contribution in [-0.2, 0) is 38.9 Å². The summed E-state index contributed by atoms with van der Waals surface area (Å²) in [6, 6.07) is 123. The lowest BCUT2D eigenvalue weighted by Gasteiger charge is -2.20. The zero-order valence-electron chi connectivity index (χ0n) is 73.3. The van der Waals surface area contributed by atoms with Gasteiger partial charge in [-0.25, -0.2) is 0 Å². The van der Waals surface area contributed by atoms with Gasteiger partial charge in [-0.05, 0) is 204 Å². The van der Waals surface area contributed by atoms with Gasteiger partial charge in [-0.2, -0.15) is 0 Å². The molecule has 1 aliphatic carbocycles. The second kappa shape index (κ2) is 32.2. The average Bonchev–Trinajstić information content (AvgIpc) is 1.61. The van der Waals surface area contributed by atoms with E-state index in [9.17, 15) is 0 Å². The fourth-order valence-electron chi connectivity index (χ4n) is 17.3. The molecule has 0 N–H and O–H groups in total. The molecule has 0 fully saturated rings. The first-order valence-electron chi connectivity index (χ1n) is 42.7. The van der Waals surface area contributed by atoms with Gasteiger partial charge in [-0.1, -0.05) is 361 Å². The molecule has 0 amide bonds. The highest BCUT2D eigenvalue weighted by atomic mass is 16.3. The molecule has 20 aromatic rings. The zero-order valence-corrected chi connectivity index (χ0v) is 73.3. The van der Waals surface area contributed by atoms with E-state index in [2.05, 4.69) is 454 Å². The highest BCUT2D eigenvalue weighted by Gasteiger charge is 2.27. The second-order valence-corrected chi connectivity index (χ2v) is 38.5. The molecule has 21 rings (SSSR count). The fraction of sp³-hybridized carbons (Fsp3) is 0.217. The predicted molar refractivity (Wildman–Crippen MR) is 517 cm³/mol. The lowest BCUT2D eigenvalue weighted by Crippen LogP contribution is -2.11. The molecule has 0 radical (unpaired) electrons. The minimum absolute atomic E-state index is 0.116. The van der Waals surface area contributed by atoms with Crippen molar-refractivity contribution in [2.45, 2.75) is 164 Å². The average molecular weight is 1570 g/mol. The highest BCUT2D eigenvalue weighted by molar-refractivity contribution is 6.13. The molecule has 0 saturated carbocycles. The Kier molecular flexibility index (Phi) is 21.8. The Morgan fingerprint density at radius 1 is 0.200 bits per heavy atom. The molecule has 5 heteroatoms. The van der Waals surface area contributed by atoms with Gasteiger partial charge in [0.25, 0.3) is 0 Å². The van der Waals surface area contributed by atoms with E-state index in [1.165, 1.54) is 160 Å². The minimum atomic E-state index is 0.116. The predicted octanol–water partition coefficient (Wildman–Crippen LogP) is 32.6. The van der Waals surface area contributed by atoms with Gasteiger partial charge in [0.2, 0.25) is 0 Å². The van der Waals surface area contributed by atoms with Crippen molar-refractivity contribution in [3.63, 3.8) is 0 Å². The van der Waals surface area contributed by atoms with E-state index < -0.39 is 0 Å². The standard InChI is InChI=1S/3C22H21N.C17H18.2C16H16O/c1-22(2,3)18-13-9-15-20-21(18)17-12-7-8-14-19(17)23(20)16-10-5-4-6-11-16;1-22(2,3)16-13-14-21-19(15-16)18-11-7-8-12-20(18)23(21)17-9-5-4-6-10-17;1-22(2,3)16-13-14-19-18-11-7-8-12-20(18)23(21(19)15-16)17-9-5-4-6-10-17;1-17(2,3)14-8-9-16-13(11-14)10-12-6-4-5-7-15(12)16;1-16(2,3)12-8-6-10-14-15(12)11-7-4-5-9-13(11)17-14;1-16(2,3)11-8-9-15-13(10-11)12-6-4-5-7-14(12)17-15/h3*4-15H,1-3H3;4-9,11H,10H2,1-3H3;2*4-10H,1-3H3. The first-order chi connectivity index (χ1) is 57.4. The fourth-order valence-corrected chi connectivity index (χ4v) is 17.3. The van der Waals surface area contributed by atoms with E-state index in [4.69, 9.17) is 8.83 Å². The molecule has 0 aliphatic heterocycles. The first-order valence-corrected chi connectivity index (χ1v) is 42.7. The Hall–Kier alpha value is -12.7. The summed E-state index contributed by atoms with van der Waals surface area (Å²) in [5.41, 5.74) is 30.2. The van der Waals surface area contributed by atoms with E-state index in [1.807, 2.05) is 30.3 Å². The number of nitrogens with zero attached hydrogens (tertiary/aromatic N) is 3. The van der Waals surface area contributed by atoms with Gasteiger partial charge in [0.15, 0.2) is 0 Å². The summed E-state index contributed by atoms with van der Waals surface area (Å²) in [5.74, 6) is 0. The molecule has 0 saturated heterocycles. The maximum absolute atomic E-state index is 5.89. The van der Waals surface area contributed by atoms with Crippen LogP contribution in [0.4, 0.5) is 0 Å². The smallest absolute Gasteiger partial charge is 0.135 e. The molecule has 5 aromatic heterocycles. The molecule has 15 aromatic carbocycles. The molecule has 120 heavy (non-hydrogen) atoms. The summed E-state index contributed by atoms with van der Waals surface area (Å²) < 4.78 is 18.8. The monoisotopic (exact) mass is 1570 g/mol. The molecule has 1 aliphatic rings. The maximum Gasteiger partial charge on any atom is 0.135 e. The third-order valence-corrected chi connectivity index (χ3v) is 23.7. The van der Waals surface area contributed by atoms with Gasteiger partial charge in [0.05, 0.1) is 33.1 Å². The molecular weight excluding hydrogens is 1460 g/mol. The van der Waals surface area contributed by atoms with Gasteiger partial charge in [-0.15, -0.1) is 0 Å². The van der Waals surface area contributed by atoms with Gasteiger partial charge < -0.3 is 22.5 Å². The number of furan rings is 2. The third-order valence-electron chi connectivity index (χ3n) is 23.7. The van der Waals surface area contributed by atoms with Gasteiger partial charge in [0.1, 0.15) is 22.3 Å². The van der Waals surface area contributed by atoms with Crippen LogP contribution in [0.25, 0.3) is 137 Å². The minimum Gasteiger partial charge on any atom is -0.456 e. The summed E-state index contributed by atoms with van der Waals surface area (Å²) in [6.07, 6.45) is 1.09. The van der Waals surface area contributed by atoms with Crippen molar-refractivity contribution < 1.29 is 8.83 Å². The van der Waals surface area contributed by atoms with E-state index in [1.54, 1.807) is 0 Å². The molecular formula is C115H113N3O2. The highest BCUT2D eigenvalue weighted by Crippen LogP contribution is 2.44. The molecule has 0 unspecified atom stereocenters. The Bertz CT molecular complexity index is 7040. The molecule has 0 bridgehead atoms. The second-order valence-electron chi connectivity index (χ2n) is 38.5. The van der Waals surface area contributed by atoms with Crippen LogP contribution in [0.3, 0.4) is 0 Å². The third kappa shape index (κ3) is 16.3. The summed E-state index contributed by atoms with van der Waals surface area (Å²) >= 11 is 0. The number of hydrogen-bond acceptors (Lipinski definition) is 2. The summed E-state index contributed by atoms with van der Waals surface area (Å²) in [5, 5.41) is 12.9. The molecule has 5 nitrogen and oxygen atoms in total. The van der Waals surface area contributed by atoms with Crippen LogP contribution >= 0.6 is 0 Å². The first kappa shape index (κ1) is 81.1. The molecule has 0 spiro atoms. The van der Waals surface area contributed by atoms with Crippen LogP contribution in [0.15, 0.2) is 355 Å². The topological polar surface area (TPSA) is 41.1 Å². The zero-order chi connectivity index (χ0) is 84.2. The van der Waals surface area contributed by atoms with Gasteiger partial charge in [-0.3, -0.25) is 0 Å². The van der Waals surface area contributed by atoms with E-state index in [-0.39, 0.29) is 32.5 Å². The van der Waals surface area contributed by atoms with Crippen molar-refractivity contribution in [2.24, 2.45) is 0 Å². The number of aromatic nitrogens is 3. The van der Waals surface area contributed by atoms with E-state index in [0.717, 1.165) is 28.8 Å². The van der Waals surface area contributed by atoms with Crippen molar-refractivity contribution in [1.82, 2.24) is 13.7 Å². The largest absolute Gasteiger partial charge is 0.456 e. The van der Waals surface area contributed by atoms with E-state index >= 15 is 0 Å². The normalized spacial score (nSPS) is 12.4. The van der Waals surface area contributed by atoms with Crippen LogP contribution in [-0.4, -0.2) is 13.7 Å². The van der Waals surface area contributed by atoms with Crippen molar-refractivity contribution >= 4 is 109 Å². The van der Waals surface area contributed by atoms with Crippen LogP contribution in [0, 0.1) is 0 Å². The number of fused-ring (bicyclic) bond motifs is 18. The lowest BCUT2D eigenvalue weighted by atomic mass is 9.84. The summed E-state index contributed by atoms with van der Waals surface area (Å²) in [6.45, 7) is 40.7.